The van der Waals surface area contributed by atoms with E-state index in [-0.39, 0.29) is 41.8 Å². The summed E-state index contributed by atoms with van der Waals surface area (Å²) in [5.41, 5.74) is 4.54. The number of carbonyl (C=O) groups is 2. The molecule has 39 heavy (non-hydrogen) atoms. The van der Waals surface area contributed by atoms with Gasteiger partial charge in [0.1, 0.15) is 22.8 Å². The first-order chi connectivity index (χ1) is 18.3. The maximum Gasteiger partial charge on any atom is 0.253 e. The van der Waals surface area contributed by atoms with Crippen molar-refractivity contribution < 1.29 is 34.8 Å². The van der Waals surface area contributed by atoms with Gasteiger partial charge in [-0.05, 0) is 83.3 Å². The van der Waals surface area contributed by atoms with Crippen LogP contribution >= 0.6 is 11.6 Å². The number of benzene rings is 1. The highest BCUT2D eigenvalue weighted by Crippen LogP contribution is 2.67. The summed E-state index contributed by atoms with van der Waals surface area (Å²) < 4.78 is 5.68. The number of likely N-dealkylation sites (tertiary alicyclic amines) is 1. The second kappa shape index (κ2) is 8.44. The Kier molecular flexibility index (Phi) is 5.75. The van der Waals surface area contributed by atoms with Gasteiger partial charge in [0.2, 0.25) is 11.6 Å². The van der Waals surface area contributed by atoms with Gasteiger partial charge in [0.05, 0.1) is 11.6 Å². The summed E-state index contributed by atoms with van der Waals surface area (Å²) in [6.45, 7) is 5.16. The molecular formula is C28H34ClN3O7. The summed E-state index contributed by atoms with van der Waals surface area (Å²) in [7, 11) is 3.37. The minimum absolute atomic E-state index is 0.0150. The fourth-order valence-electron chi connectivity index (χ4n) is 7.90. The predicted octanol–water partition coefficient (Wildman–Crippen LogP) is 2.32. The van der Waals surface area contributed by atoms with Crippen molar-refractivity contribution in [2.24, 2.45) is 17.6 Å². The average Bonchev–Trinajstić information content (AvgIpc) is 3.20. The Morgan fingerprint density at radius 2 is 1.97 bits per heavy atom. The highest BCUT2D eigenvalue weighted by Gasteiger charge is 2.86. The number of rotatable bonds is 4. The molecule has 210 valence electrons. The summed E-state index contributed by atoms with van der Waals surface area (Å²) in [5.74, 6) is -6.45. The lowest BCUT2D eigenvalue weighted by atomic mass is 9.58. The normalized spacial score (nSPS) is 35.7. The van der Waals surface area contributed by atoms with Crippen molar-refractivity contribution >= 4 is 29.1 Å². The van der Waals surface area contributed by atoms with Gasteiger partial charge in [-0.2, -0.15) is 0 Å². The van der Waals surface area contributed by atoms with Gasteiger partial charge < -0.3 is 30.9 Å². The van der Waals surface area contributed by atoms with E-state index in [1.807, 2.05) is 0 Å². The zero-order valence-electron chi connectivity index (χ0n) is 22.4. The maximum absolute atomic E-state index is 14.1. The summed E-state index contributed by atoms with van der Waals surface area (Å²) >= 11 is 7.00. The van der Waals surface area contributed by atoms with Gasteiger partial charge in [0.25, 0.3) is 5.91 Å². The van der Waals surface area contributed by atoms with Gasteiger partial charge in [-0.1, -0.05) is 11.6 Å². The second-order valence-corrected chi connectivity index (χ2v) is 12.4. The van der Waals surface area contributed by atoms with Gasteiger partial charge in [0, 0.05) is 28.6 Å². The van der Waals surface area contributed by atoms with E-state index in [2.05, 4.69) is 18.7 Å². The molecule has 1 saturated carbocycles. The molecule has 0 aromatic heterocycles. The van der Waals surface area contributed by atoms with E-state index < -0.39 is 58.0 Å². The van der Waals surface area contributed by atoms with Crippen molar-refractivity contribution in [2.75, 3.05) is 20.6 Å². The minimum Gasteiger partial charge on any atom is -0.510 e. The number of phenolic OH excluding ortho intramolecular Hbond substituents is 1. The first-order valence-electron chi connectivity index (χ1n) is 13.4. The number of amides is 1. The third-order valence-corrected chi connectivity index (χ3v) is 9.95. The molecule has 6 rings (SSSR count). The molecule has 2 aliphatic heterocycles. The molecule has 1 aromatic carbocycles. The van der Waals surface area contributed by atoms with Crippen molar-refractivity contribution in [1.82, 2.24) is 9.80 Å². The van der Waals surface area contributed by atoms with Crippen LogP contribution in [0.3, 0.4) is 0 Å². The summed E-state index contributed by atoms with van der Waals surface area (Å²) in [4.78, 5) is 30.4. The fraction of sp³-hybridized carbons (Fsp3) is 0.571. The highest BCUT2D eigenvalue weighted by atomic mass is 35.5. The van der Waals surface area contributed by atoms with E-state index in [9.17, 15) is 30.0 Å². The van der Waals surface area contributed by atoms with Crippen LogP contribution in [-0.4, -0.2) is 86.0 Å². The molecule has 0 bridgehead atoms. The second-order valence-electron chi connectivity index (χ2n) is 12.0. The molecule has 1 amide bonds. The molecule has 2 unspecified atom stereocenters. The maximum atomic E-state index is 14.1. The van der Waals surface area contributed by atoms with Crippen molar-refractivity contribution in [3.63, 3.8) is 0 Å². The minimum atomic E-state index is -2.40. The van der Waals surface area contributed by atoms with Gasteiger partial charge in [-0.25, -0.2) is 0 Å². The lowest BCUT2D eigenvalue weighted by molar-refractivity contribution is -0.127. The topological polar surface area (TPSA) is 160 Å². The van der Waals surface area contributed by atoms with Crippen LogP contribution in [0.1, 0.15) is 55.8 Å². The molecule has 3 fully saturated rings. The third kappa shape index (κ3) is 3.23. The van der Waals surface area contributed by atoms with Gasteiger partial charge in [-0.15, -0.1) is 0 Å². The lowest BCUT2D eigenvalue weighted by Gasteiger charge is -2.46. The fourth-order valence-corrected chi connectivity index (χ4v) is 8.26. The van der Waals surface area contributed by atoms with E-state index in [4.69, 9.17) is 22.1 Å². The number of halogens is 1. The van der Waals surface area contributed by atoms with Gasteiger partial charge in [0.15, 0.2) is 5.60 Å². The number of aliphatic hydroxyl groups excluding tert-OH is 2. The molecule has 1 aromatic rings. The number of nitrogens with zero attached hydrogens (tertiary/aromatic N) is 2. The average molecular weight is 560 g/mol. The van der Waals surface area contributed by atoms with E-state index in [1.54, 1.807) is 25.1 Å². The summed E-state index contributed by atoms with van der Waals surface area (Å²) in [6.07, 6.45) is 2.42. The smallest absolute Gasteiger partial charge is 0.253 e. The van der Waals surface area contributed by atoms with Crippen molar-refractivity contribution in [3.8, 4) is 5.75 Å². The number of carbonyl (C=O) groups excluding carboxylic acids is 2. The number of nitrogens with two attached hydrogens (primary N) is 1. The molecule has 1 spiro atoms. The first-order valence-corrected chi connectivity index (χ1v) is 13.8. The van der Waals surface area contributed by atoms with Crippen molar-refractivity contribution in [3.05, 3.63) is 44.7 Å². The molecule has 0 radical (unpaired) electrons. The molecule has 6 atom stereocenters. The molecule has 10 nitrogen and oxygen atoms in total. The van der Waals surface area contributed by atoms with Crippen LogP contribution in [0.15, 0.2) is 23.0 Å². The monoisotopic (exact) mass is 559 g/mol. The van der Waals surface area contributed by atoms with Crippen LogP contribution in [-0.2, 0) is 20.7 Å². The summed E-state index contributed by atoms with van der Waals surface area (Å²) in [6, 6.07) is 1.06. The molecule has 6 N–H and O–H groups in total. The molecular weight excluding hydrogens is 526 g/mol. The molecule has 5 aliphatic rings. The van der Waals surface area contributed by atoms with Crippen LogP contribution in [0.25, 0.3) is 5.76 Å². The SMILES string of the molecule is CC(C)N1CCCC1c1cc(O)c2c(c1Cl)C[C@H]1C[C@H]3[C@H](N(C)C)C(O)=C(C(N)=O)C4(O)O[C@]34C(=O)C1=C2O. The number of aliphatic hydroxyl groups is 3. The molecule has 11 heteroatoms. The van der Waals surface area contributed by atoms with E-state index in [1.165, 1.54) is 0 Å². The summed E-state index contributed by atoms with van der Waals surface area (Å²) in [5, 5.41) is 45.4. The van der Waals surface area contributed by atoms with Crippen LogP contribution in [0.2, 0.25) is 5.02 Å². The Balaban J connectivity index is 1.49. The Hall–Kier alpha value is -2.63. The van der Waals surface area contributed by atoms with Gasteiger partial charge >= 0.3 is 0 Å². The van der Waals surface area contributed by atoms with Crippen LogP contribution in [0.4, 0.5) is 0 Å². The number of epoxide rings is 1. The van der Waals surface area contributed by atoms with E-state index in [0.717, 1.165) is 24.9 Å². The lowest BCUT2D eigenvalue weighted by Crippen LogP contribution is -2.60. The van der Waals surface area contributed by atoms with Crippen LogP contribution in [0, 0.1) is 11.8 Å². The number of aromatic hydroxyl groups is 1. The number of phenols is 1. The standard InChI is InChI=1S/C28H34ClN3O7/c1-11(2)32-7-5-6-16(32)13-10-17(33)19-14(21(13)29)8-12-9-15-22(31(3)4)24(35)20(26(30)37)28(38)27(15,39-28)25(36)18(12)23(19)34/h10-12,15-16,22,33-35,38H,5-9H2,1-4H3,(H2,30,37)/t12-,15-,16?,22-,27-,28?/m0/s1. The number of primary amides is 1. The molecule has 2 saturated heterocycles. The van der Waals surface area contributed by atoms with Gasteiger partial charge in [-0.3, -0.25) is 19.4 Å². The predicted molar refractivity (Wildman–Crippen MR) is 142 cm³/mol. The van der Waals surface area contributed by atoms with Crippen LogP contribution in [0.5, 0.6) is 5.75 Å². The Bertz CT molecular complexity index is 1390. The zero-order valence-corrected chi connectivity index (χ0v) is 23.1. The third-order valence-electron chi connectivity index (χ3n) is 9.51. The number of ketones is 1. The quantitative estimate of drug-likeness (QED) is 0.349. The van der Waals surface area contributed by atoms with Crippen molar-refractivity contribution in [2.45, 2.75) is 69.0 Å². The largest absolute Gasteiger partial charge is 0.510 e. The Morgan fingerprint density at radius 3 is 2.59 bits per heavy atom. The molecule has 3 aliphatic carbocycles. The molecule has 2 heterocycles. The van der Waals surface area contributed by atoms with E-state index >= 15 is 0 Å². The number of ether oxygens (including phenoxy) is 1. The van der Waals surface area contributed by atoms with E-state index in [0.29, 0.717) is 10.6 Å². The number of fused-ring (bicyclic) bond motifs is 2. The zero-order chi connectivity index (χ0) is 28.3. The van der Waals surface area contributed by atoms with Crippen molar-refractivity contribution in [1.29, 1.82) is 0 Å². The Morgan fingerprint density at radius 1 is 1.28 bits per heavy atom. The number of likely N-dealkylation sites (N-methyl/N-ethyl adjacent to an activating group) is 1. The highest BCUT2D eigenvalue weighted by molar-refractivity contribution is 6.32. The first kappa shape index (κ1) is 26.6. The number of hydrogen-bond acceptors (Lipinski definition) is 9. The number of hydrogen-bond donors (Lipinski definition) is 5. The number of Topliss-reactive ketones (excluding diaryl/α,β-unsaturated/α-hetero) is 1. The van der Waals surface area contributed by atoms with Crippen LogP contribution < -0.4 is 5.73 Å². The Labute approximate surface area is 231 Å².